The summed E-state index contributed by atoms with van der Waals surface area (Å²) >= 11 is 0. The van der Waals surface area contributed by atoms with Crippen molar-refractivity contribution in [1.29, 1.82) is 0 Å². The molecular weight excluding hydrogens is 368 g/mol. The summed E-state index contributed by atoms with van der Waals surface area (Å²) in [7, 11) is 1.63. The molecule has 0 atom stereocenters. The van der Waals surface area contributed by atoms with Crippen LogP contribution in [0.15, 0.2) is 42.7 Å². The Kier molecular flexibility index (Phi) is 5.16. The lowest BCUT2D eigenvalue weighted by molar-refractivity contribution is -0.125. The van der Waals surface area contributed by atoms with Crippen molar-refractivity contribution in [2.75, 3.05) is 25.1 Å². The average molecular weight is 392 g/mol. The van der Waals surface area contributed by atoms with Crippen LogP contribution in [0, 0.1) is 19.8 Å². The summed E-state index contributed by atoms with van der Waals surface area (Å²) in [5.74, 6) is 2.29. The second-order valence-electron chi connectivity index (χ2n) is 7.20. The van der Waals surface area contributed by atoms with Crippen LogP contribution in [0.1, 0.15) is 17.0 Å². The normalized spacial score (nSPS) is 13.8. The largest absolute Gasteiger partial charge is 0.496 e. The van der Waals surface area contributed by atoms with Gasteiger partial charge in [0.25, 0.3) is 0 Å². The molecule has 1 aliphatic rings. The highest BCUT2D eigenvalue weighted by molar-refractivity contribution is 5.81. The van der Waals surface area contributed by atoms with Gasteiger partial charge in [0, 0.05) is 37.0 Å². The number of hydrogen-bond acceptors (Lipinski definition) is 6. The molecule has 0 unspecified atom stereocenters. The highest BCUT2D eigenvalue weighted by Crippen LogP contribution is 2.24. The van der Waals surface area contributed by atoms with Gasteiger partial charge in [0.15, 0.2) is 5.82 Å². The summed E-state index contributed by atoms with van der Waals surface area (Å²) in [5, 5.41) is 7.47. The third-order valence-electron chi connectivity index (χ3n) is 5.09. The number of nitrogens with one attached hydrogen (secondary N) is 1. The fraction of sp³-hybridized carbons (Fsp3) is 0.333. The van der Waals surface area contributed by atoms with Gasteiger partial charge in [-0.3, -0.25) is 4.79 Å². The molecule has 0 saturated carbocycles. The Morgan fingerprint density at radius 2 is 1.93 bits per heavy atom. The molecule has 8 nitrogen and oxygen atoms in total. The molecule has 3 aromatic rings. The van der Waals surface area contributed by atoms with Gasteiger partial charge in [0.1, 0.15) is 17.9 Å². The zero-order chi connectivity index (χ0) is 20.4. The van der Waals surface area contributed by atoms with Crippen LogP contribution in [-0.2, 0) is 11.3 Å². The average Bonchev–Trinajstić information content (AvgIpc) is 3.03. The van der Waals surface area contributed by atoms with Crippen LogP contribution in [-0.4, -0.2) is 45.9 Å². The van der Waals surface area contributed by atoms with Crippen molar-refractivity contribution < 1.29 is 9.53 Å². The van der Waals surface area contributed by atoms with Crippen LogP contribution in [0.2, 0.25) is 0 Å². The fourth-order valence-corrected chi connectivity index (χ4v) is 3.49. The molecule has 0 bridgehead atoms. The lowest BCUT2D eigenvalue weighted by Crippen LogP contribution is -2.54. The number of carbonyl (C=O) groups is 1. The minimum absolute atomic E-state index is 0.0416. The standard InChI is InChI=1S/C21H24N6O2/c1-14-8-15(2)27(25-14)20-9-19(23-13-24-20)26-11-17(12-26)21(28)22-10-16-6-4-5-7-18(16)29-3/h4-9,13,17H,10-12H2,1-3H3,(H,22,28). The van der Waals surface area contributed by atoms with Gasteiger partial charge in [-0.25, -0.2) is 14.6 Å². The molecule has 4 rings (SSSR count). The Morgan fingerprint density at radius 3 is 2.66 bits per heavy atom. The first-order valence-electron chi connectivity index (χ1n) is 9.55. The summed E-state index contributed by atoms with van der Waals surface area (Å²) in [6, 6.07) is 11.6. The number of anilines is 1. The predicted octanol–water partition coefficient (Wildman–Crippen LogP) is 2.04. The first kappa shape index (κ1) is 18.9. The van der Waals surface area contributed by atoms with Crippen LogP contribution in [0.3, 0.4) is 0 Å². The van der Waals surface area contributed by atoms with Crippen molar-refractivity contribution in [2.45, 2.75) is 20.4 Å². The van der Waals surface area contributed by atoms with E-state index in [1.165, 1.54) is 6.33 Å². The number of ether oxygens (including phenoxy) is 1. The van der Waals surface area contributed by atoms with E-state index in [0.29, 0.717) is 19.6 Å². The number of amides is 1. The van der Waals surface area contributed by atoms with Gasteiger partial charge in [0.05, 0.1) is 18.7 Å². The van der Waals surface area contributed by atoms with E-state index in [-0.39, 0.29) is 11.8 Å². The number of aromatic nitrogens is 4. The van der Waals surface area contributed by atoms with E-state index in [1.807, 2.05) is 50.2 Å². The van der Waals surface area contributed by atoms with Gasteiger partial charge in [-0.15, -0.1) is 0 Å². The van der Waals surface area contributed by atoms with Crippen LogP contribution < -0.4 is 15.0 Å². The second-order valence-corrected chi connectivity index (χ2v) is 7.20. The molecule has 8 heteroatoms. The molecule has 3 heterocycles. The SMILES string of the molecule is COc1ccccc1CNC(=O)C1CN(c2cc(-n3nc(C)cc3C)ncn2)C1. The predicted molar refractivity (Wildman–Crippen MR) is 109 cm³/mol. The number of benzene rings is 1. The van der Waals surface area contributed by atoms with Crippen molar-refractivity contribution in [2.24, 2.45) is 5.92 Å². The number of aryl methyl sites for hydroxylation is 2. The van der Waals surface area contributed by atoms with Gasteiger partial charge in [-0.05, 0) is 26.0 Å². The van der Waals surface area contributed by atoms with Crippen molar-refractivity contribution in [1.82, 2.24) is 25.1 Å². The minimum Gasteiger partial charge on any atom is -0.496 e. The van der Waals surface area contributed by atoms with Crippen molar-refractivity contribution in [3.63, 3.8) is 0 Å². The molecule has 0 radical (unpaired) electrons. The molecule has 29 heavy (non-hydrogen) atoms. The van der Waals surface area contributed by atoms with E-state index in [9.17, 15) is 4.79 Å². The van der Waals surface area contributed by atoms with Crippen LogP contribution >= 0.6 is 0 Å². The third kappa shape index (κ3) is 3.91. The van der Waals surface area contributed by atoms with Crippen molar-refractivity contribution >= 4 is 11.7 Å². The topological polar surface area (TPSA) is 85.2 Å². The number of nitrogens with zero attached hydrogens (tertiary/aromatic N) is 5. The summed E-state index contributed by atoms with van der Waals surface area (Å²) in [6.07, 6.45) is 1.54. The third-order valence-corrected chi connectivity index (χ3v) is 5.09. The Morgan fingerprint density at radius 1 is 1.17 bits per heavy atom. The molecule has 1 aromatic carbocycles. The number of methoxy groups -OCH3 is 1. The van der Waals surface area contributed by atoms with Crippen molar-refractivity contribution in [3.05, 3.63) is 59.7 Å². The number of rotatable bonds is 6. The van der Waals surface area contributed by atoms with E-state index in [0.717, 1.165) is 34.3 Å². The first-order chi connectivity index (χ1) is 14.0. The molecule has 1 fully saturated rings. The van der Waals surface area contributed by atoms with E-state index >= 15 is 0 Å². The quantitative estimate of drug-likeness (QED) is 0.691. The minimum atomic E-state index is -0.0585. The molecule has 1 N–H and O–H groups in total. The zero-order valence-corrected chi connectivity index (χ0v) is 16.8. The highest BCUT2D eigenvalue weighted by Gasteiger charge is 2.33. The van der Waals surface area contributed by atoms with Gasteiger partial charge >= 0.3 is 0 Å². The molecule has 1 aliphatic heterocycles. The monoisotopic (exact) mass is 392 g/mol. The smallest absolute Gasteiger partial charge is 0.226 e. The van der Waals surface area contributed by atoms with E-state index in [1.54, 1.807) is 11.8 Å². The molecule has 0 aliphatic carbocycles. The maximum absolute atomic E-state index is 12.5. The molecular formula is C21H24N6O2. The summed E-state index contributed by atoms with van der Waals surface area (Å²) < 4.78 is 7.13. The van der Waals surface area contributed by atoms with Crippen LogP contribution in [0.5, 0.6) is 5.75 Å². The zero-order valence-electron chi connectivity index (χ0n) is 16.8. The van der Waals surface area contributed by atoms with Crippen LogP contribution in [0.4, 0.5) is 5.82 Å². The number of para-hydroxylation sites is 1. The van der Waals surface area contributed by atoms with Gasteiger partial charge in [-0.2, -0.15) is 5.10 Å². The molecule has 1 amide bonds. The summed E-state index contributed by atoms with van der Waals surface area (Å²) in [6.45, 7) is 5.66. The molecule has 2 aromatic heterocycles. The Labute approximate surface area is 169 Å². The Balaban J connectivity index is 1.35. The molecule has 150 valence electrons. The maximum Gasteiger partial charge on any atom is 0.226 e. The van der Waals surface area contributed by atoms with E-state index < -0.39 is 0 Å². The lowest BCUT2D eigenvalue weighted by atomic mass is 9.99. The van der Waals surface area contributed by atoms with Gasteiger partial charge in [-0.1, -0.05) is 18.2 Å². The first-order valence-corrected chi connectivity index (χ1v) is 9.55. The molecule has 1 saturated heterocycles. The van der Waals surface area contributed by atoms with E-state index in [4.69, 9.17) is 4.74 Å². The maximum atomic E-state index is 12.5. The highest BCUT2D eigenvalue weighted by atomic mass is 16.5. The molecule has 0 spiro atoms. The van der Waals surface area contributed by atoms with Gasteiger partial charge < -0.3 is 15.0 Å². The number of hydrogen-bond donors (Lipinski definition) is 1. The second kappa shape index (κ2) is 7.90. The number of carbonyl (C=O) groups excluding carboxylic acids is 1. The summed E-state index contributed by atoms with van der Waals surface area (Å²) in [4.78, 5) is 23.2. The van der Waals surface area contributed by atoms with Crippen molar-refractivity contribution in [3.8, 4) is 11.6 Å². The van der Waals surface area contributed by atoms with Gasteiger partial charge in [0.2, 0.25) is 5.91 Å². The Hall–Kier alpha value is -3.42. The fourth-order valence-electron chi connectivity index (χ4n) is 3.49. The van der Waals surface area contributed by atoms with E-state index in [2.05, 4.69) is 25.3 Å². The van der Waals surface area contributed by atoms with Crippen LogP contribution in [0.25, 0.3) is 5.82 Å². The summed E-state index contributed by atoms with van der Waals surface area (Å²) in [5.41, 5.74) is 2.92. The Bertz CT molecular complexity index is 1030. The lowest BCUT2D eigenvalue weighted by Gasteiger charge is -2.39.